The molecule has 9 heteroatoms. The van der Waals surface area contributed by atoms with Crippen molar-refractivity contribution in [1.82, 2.24) is 14.8 Å². The first-order valence-electron chi connectivity index (χ1n) is 9.37. The molecule has 3 aliphatic heterocycles. The van der Waals surface area contributed by atoms with Gasteiger partial charge < -0.3 is 4.90 Å². The molecule has 3 aliphatic rings. The topological polar surface area (TPSA) is 90.4 Å². The Hall–Kier alpha value is -1.48. The van der Waals surface area contributed by atoms with Crippen LogP contribution in [0.15, 0.2) is 5.10 Å². The first kappa shape index (κ1) is 19.3. The van der Waals surface area contributed by atoms with Crippen LogP contribution in [0.5, 0.6) is 0 Å². The van der Waals surface area contributed by atoms with E-state index in [2.05, 4.69) is 23.8 Å². The number of hydrogen-bond acceptors (Lipinski definition) is 6. The third-order valence-corrected chi connectivity index (χ3v) is 6.89. The number of carbonyl (C=O) groups excluding carboxylic acids is 2. The zero-order valence-electron chi connectivity index (χ0n) is 15.6. The third-order valence-electron chi connectivity index (χ3n) is 5.14. The summed E-state index contributed by atoms with van der Waals surface area (Å²) in [6, 6.07) is -0.432. The molecule has 8 nitrogen and oxygen atoms in total. The molecule has 3 rings (SSSR count). The smallest absolute Gasteiger partial charge is 0.270 e. The van der Waals surface area contributed by atoms with Crippen LogP contribution < -0.4 is 0 Å². The predicted octanol–water partition coefficient (Wildman–Crippen LogP) is -0.0479. The van der Waals surface area contributed by atoms with Crippen molar-refractivity contribution in [2.24, 2.45) is 11.0 Å². The van der Waals surface area contributed by atoms with Gasteiger partial charge in [0.05, 0.1) is 17.5 Å². The molecule has 0 aromatic heterocycles. The second-order valence-corrected chi connectivity index (χ2v) is 10.1. The molecule has 0 bridgehead atoms. The van der Waals surface area contributed by atoms with Crippen molar-refractivity contribution < 1.29 is 18.0 Å². The van der Waals surface area contributed by atoms with Crippen LogP contribution in [-0.2, 0) is 19.4 Å². The summed E-state index contributed by atoms with van der Waals surface area (Å²) < 4.78 is 23.4. The Morgan fingerprint density at radius 1 is 1.19 bits per heavy atom. The number of piperazine rings is 1. The number of hydrazone groups is 1. The van der Waals surface area contributed by atoms with Gasteiger partial charge in [-0.2, -0.15) is 5.10 Å². The van der Waals surface area contributed by atoms with Gasteiger partial charge in [-0.05, 0) is 12.3 Å². The average molecular weight is 385 g/mol. The van der Waals surface area contributed by atoms with Crippen LogP contribution in [0.2, 0.25) is 0 Å². The lowest BCUT2D eigenvalue weighted by atomic mass is 10.1. The minimum atomic E-state index is -3.11. The standard InChI is InChI=1S/C17H28N4O4S/c1-13(2)11-19-6-8-20(9-7-19)17(23)15-3-4-16(22)21(18-15)14-5-10-26(24,25)12-14/h13-14H,3-12H2,1-2H3. The van der Waals surface area contributed by atoms with E-state index in [1.165, 1.54) is 5.01 Å². The molecule has 146 valence electrons. The summed E-state index contributed by atoms with van der Waals surface area (Å²) in [6.45, 7) is 8.42. The number of carbonyl (C=O) groups is 2. The monoisotopic (exact) mass is 384 g/mol. The van der Waals surface area contributed by atoms with Crippen molar-refractivity contribution in [3.05, 3.63) is 0 Å². The molecule has 0 spiro atoms. The number of hydrogen-bond donors (Lipinski definition) is 0. The van der Waals surface area contributed by atoms with Crippen molar-refractivity contribution in [3.63, 3.8) is 0 Å². The van der Waals surface area contributed by atoms with Crippen molar-refractivity contribution in [3.8, 4) is 0 Å². The van der Waals surface area contributed by atoms with E-state index in [0.717, 1.165) is 19.6 Å². The van der Waals surface area contributed by atoms with Gasteiger partial charge in [0.2, 0.25) is 5.91 Å². The SMILES string of the molecule is CC(C)CN1CCN(C(=O)C2=NN(C3CCS(=O)(=O)C3)C(=O)CC2)CC1. The summed E-state index contributed by atoms with van der Waals surface area (Å²) >= 11 is 0. The molecular formula is C17H28N4O4S. The van der Waals surface area contributed by atoms with Crippen LogP contribution in [0, 0.1) is 5.92 Å². The van der Waals surface area contributed by atoms with Crippen molar-refractivity contribution in [2.75, 3.05) is 44.2 Å². The highest BCUT2D eigenvalue weighted by Crippen LogP contribution is 2.22. The second-order valence-electron chi connectivity index (χ2n) is 7.83. The highest BCUT2D eigenvalue weighted by atomic mass is 32.2. The molecule has 26 heavy (non-hydrogen) atoms. The Balaban J connectivity index is 1.64. The average Bonchev–Trinajstić information content (AvgIpc) is 2.94. The molecule has 1 atom stereocenters. The summed E-state index contributed by atoms with van der Waals surface area (Å²) in [7, 11) is -3.11. The highest BCUT2D eigenvalue weighted by Gasteiger charge is 2.38. The van der Waals surface area contributed by atoms with Crippen molar-refractivity contribution in [1.29, 1.82) is 0 Å². The zero-order valence-corrected chi connectivity index (χ0v) is 16.4. The summed E-state index contributed by atoms with van der Waals surface area (Å²) in [5.74, 6) is 0.315. The molecule has 0 aromatic rings. The molecular weight excluding hydrogens is 356 g/mol. The molecule has 0 aromatic carbocycles. The fourth-order valence-corrected chi connectivity index (χ4v) is 5.50. The summed E-state index contributed by atoms with van der Waals surface area (Å²) in [6.07, 6.45) is 0.946. The molecule has 3 heterocycles. The lowest BCUT2D eigenvalue weighted by Gasteiger charge is -2.36. The van der Waals surface area contributed by atoms with Gasteiger partial charge >= 0.3 is 0 Å². The Morgan fingerprint density at radius 2 is 1.88 bits per heavy atom. The van der Waals surface area contributed by atoms with Crippen LogP contribution in [0.3, 0.4) is 0 Å². The Kier molecular flexibility index (Phi) is 5.67. The molecule has 2 amide bonds. The minimum Gasteiger partial charge on any atom is -0.335 e. The quantitative estimate of drug-likeness (QED) is 0.678. The van der Waals surface area contributed by atoms with Crippen LogP contribution in [-0.4, -0.2) is 91.0 Å². The normalized spacial score (nSPS) is 27.1. The minimum absolute atomic E-state index is 0.0579. The number of nitrogens with zero attached hydrogens (tertiary/aromatic N) is 4. The number of amides is 2. The van der Waals surface area contributed by atoms with Gasteiger partial charge in [-0.25, -0.2) is 13.4 Å². The van der Waals surface area contributed by atoms with Crippen LogP contribution in [0.25, 0.3) is 0 Å². The van der Waals surface area contributed by atoms with Gasteiger partial charge in [-0.3, -0.25) is 14.5 Å². The van der Waals surface area contributed by atoms with E-state index in [4.69, 9.17) is 0 Å². The molecule has 2 fully saturated rings. The van der Waals surface area contributed by atoms with Crippen LogP contribution in [0.1, 0.15) is 33.1 Å². The van der Waals surface area contributed by atoms with Gasteiger partial charge in [-0.1, -0.05) is 13.8 Å². The lowest BCUT2D eigenvalue weighted by molar-refractivity contribution is -0.134. The second kappa shape index (κ2) is 7.64. The van der Waals surface area contributed by atoms with Gasteiger partial charge in [0.1, 0.15) is 5.71 Å². The molecule has 2 saturated heterocycles. The van der Waals surface area contributed by atoms with E-state index in [0.29, 0.717) is 37.6 Å². The van der Waals surface area contributed by atoms with Gasteiger partial charge in [0.15, 0.2) is 9.84 Å². The van der Waals surface area contributed by atoms with Gasteiger partial charge in [0, 0.05) is 45.6 Å². The third kappa shape index (κ3) is 4.43. The van der Waals surface area contributed by atoms with E-state index in [9.17, 15) is 18.0 Å². The summed E-state index contributed by atoms with van der Waals surface area (Å²) in [4.78, 5) is 29.1. The molecule has 0 aliphatic carbocycles. The Labute approximate surface area is 155 Å². The molecule has 0 saturated carbocycles. The fourth-order valence-electron chi connectivity index (χ4n) is 3.81. The van der Waals surface area contributed by atoms with Crippen molar-refractivity contribution >= 4 is 27.4 Å². The fraction of sp³-hybridized carbons (Fsp3) is 0.824. The van der Waals surface area contributed by atoms with Crippen molar-refractivity contribution in [2.45, 2.75) is 39.2 Å². The maximum Gasteiger partial charge on any atom is 0.270 e. The van der Waals surface area contributed by atoms with E-state index in [1.54, 1.807) is 4.90 Å². The molecule has 0 N–H and O–H groups in total. The maximum atomic E-state index is 12.8. The number of sulfone groups is 1. The van der Waals surface area contributed by atoms with Crippen LogP contribution >= 0.6 is 0 Å². The largest absolute Gasteiger partial charge is 0.335 e. The van der Waals surface area contributed by atoms with E-state index in [-0.39, 0.29) is 29.7 Å². The Morgan fingerprint density at radius 3 is 2.46 bits per heavy atom. The zero-order chi connectivity index (χ0) is 18.9. The predicted molar refractivity (Wildman–Crippen MR) is 98.4 cm³/mol. The highest BCUT2D eigenvalue weighted by molar-refractivity contribution is 7.91. The van der Waals surface area contributed by atoms with Crippen LogP contribution in [0.4, 0.5) is 0 Å². The summed E-state index contributed by atoms with van der Waals surface area (Å²) in [5, 5.41) is 5.54. The van der Waals surface area contributed by atoms with E-state index < -0.39 is 15.9 Å². The summed E-state index contributed by atoms with van der Waals surface area (Å²) in [5.41, 5.74) is 0.381. The molecule has 0 radical (unpaired) electrons. The first-order valence-corrected chi connectivity index (χ1v) is 11.2. The maximum absolute atomic E-state index is 12.8. The lowest BCUT2D eigenvalue weighted by Crippen LogP contribution is -2.52. The van der Waals surface area contributed by atoms with Gasteiger partial charge in [-0.15, -0.1) is 0 Å². The number of rotatable bonds is 4. The van der Waals surface area contributed by atoms with E-state index in [1.807, 2.05) is 0 Å². The molecule has 1 unspecified atom stereocenters. The van der Waals surface area contributed by atoms with Gasteiger partial charge in [0.25, 0.3) is 5.91 Å². The Bertz CT molecular complexity index is 696. The van der Waals surface area contributed by atoms with E-state index >= 15 is 0 Å². The first-order chi connectivity index (χ1) is 12.2.